The van der Waals surface area contributed by atoms with E-state index >= 15 is 0 Å². The van der Waals surface area contributed by atoms with Crippen LogP contribution in [0.5, 0.6) is 5.75 Å². The summed E-state index contributed by atoms with van der Waals surface area (Å²) < 4.78 is 21.2. The van der Waals surface area contributed by atoms with Gasteiger partial charge in [0.2, 0.25) is 0 Å². The maximum atomic E-state index is 5.31. The monoisotopic (exact) mass is 240 g/mol. The Balaban J connectivity index is 3.03. The lowest BCUT2D eigenvalue weighted by molar-refractivity contribution is -0.351. The van der Waals surface area contributed by atoms with Crippen LogP contribution < -0.4 is 4.74 Å². The molecule has 0 aliphatic carbocycles. The van der Waals surface area contributed by atoms with Crippen molar-refractivity contribution in [3.63, 3.8) is 0 Å². The number of rotatable bonds is 6. The van der Waals surface area contributed by atoms with Gasteiger partial charge in [-0.05, 0) is 13.0 Å². The molecular weight excluding hydrogens is 220 g/mol. The molecule has 0 radical (unpaired) electrons. The summed E-state index contributed by atoms with van der Waals surface area (Å²) in [7, 11) is 6.29. The number of benzene rings is 1. The average molecular weight is 240 g/mol. The van der Waals surface area contributed by atoms with Crippen molar-refractivity contribution in [1.29, 1.82) is 0 Å². The third-order valence-corrected chi connectivity index (χ3v) is 2.78. The normalized spacial score (nSPS) is 11.6. The van der Waals surface area contributed by atoms with E-state index in [4.69, 9.17) is 18.9 Å². The second-order valence-electron chi connectivity index (χ2n) is 3.79. The van der Waals surface area contributed by atoms with Crippen LogP contribution in [0.25, 0.3) is 0 Å². The van der Waals surface area contributed by atoms with Gasteiger partial charge in [-0.15, -0.1) is 0 Å². The summed E-state index contributed by atoms with van der Waals surface area (Å²) in [6.45, 7) is 2.02. The van der Waals surface area contributed by atoms with Crippen molar-refractivity contribution in [2.75, 3.05) is 28.4 Å². The Morgan fingerprint density at radius 2 is 1.59 bits per heavy atom. The lowest BCUT2D eigenvalue weighted by Gasteiger charge is -2.29. The zero-order valence-corrected chi connectivity index (χ0v) is 11.1. The zero-order chi connectivity index (χ0) is 12.9. The van der Waals surface area contributed by atoms with E-state index in [0.29, 0.717) is 6.42 Å². The summed E-state index contributed by atoms with van der Waals surface area (Å²) in [5.41, 5.74) is 2.14. The number of hydrogen-bond acceptors (Lipinski definition) is 4. The maximum Gasteiger partial charge on any atom is 0.286 e. The van der Waals surface area contributed by atoms with Crippen LogP contribution in [0.15, 0.2) is 18.2 Å². The predicted octanol–water partition coefficient (Wildman–Crippen LogP) is 2.14. The van der Waals surface area contributed by atoms with E-state index in [2.05, 4.69) is 0 Å². The lowest BCUT2D eigenvalue weighted by atomic mass is 10.1. The molecule has 17 heavy (non-hydrogen) atoms. The number of hydrogen-bond donors (Lipinski definition) is 0. The van der Waals surface area contributed by atoms with Gasteiger partial charge in [-0.2, -0.15) is 0 Å². The molecule has 4 nitrogen and oxygen atoms in total. The second kappa shape index (κ2) is 6.00. The van der Waals surface area contributed by atoms with Gasteiger partial charge in [0.1, 0.15) is 5.75 Å². The van der Waals surface area contributed by atoms with E-state index in [0.717, 1.165) is 16.9 Å². The van der Waals surface area contributed by atoms with Crippen LogP contribution in [0.2, 0.25) is 0 Å². The smallest absolute Gasteiger partial charge is 0.286 e. The summed E-state index contributed by atoms with van der Waals surface area (Å²) in [4.78, 5) is 0. The molecule has 0 amide bonds. The Labute approximate surface area is 102 Å². The van der Waals surface area contributed by atoms with Crippen LogP contribution in [0.1, 0.15) is 11.1 Å². The molecule has 1 rings (SSSR count). The van der Waals surface area contributed by atoms with Crippen molar-refractivity contribution in [1.82, 2.24) is 0 Å². The molecule has 0 saturated carbocycles. The third-order valence-electron chi connectivity index (χ3n) is 2.78. The molecular formula is C13H20O4. The minimum Gasteiger partial charge on any atom is -0.496 e. The standard InChI is InChI=1S/C13H20O4/c1-10-6-7-12(14-2)11(8-10)9-13(15-3,16-4)17-5/h6-8H,9H2,1-5H3. The Hall–Kier alpha value is -1.10. The van der Waals surface area contributed by atoms with Gasteiger partial charge in [0, 0.05) is 26.9 Å². The highest BCUT2D eigenvalue weighted by molar-refractivity contribution is 5.37. The predicted molar refractivity (Wildman–Crippen MR) is 65.2 cm³/mol. The fourth-order valence-corrected chi connectivity index (χ4v) is 1.75. The van der Waals surface area contributed by atoms with Crippen LogP contribution >= 0.6 is 0 Å². The molecule has 0 N–H and O–H groups in total. The van der Waals surface area contributed by atoms with Gasteiger partial charge in [-0.1, -0.05) is 17.7 Å². The highest BCUT2D eigenvalue weighted by Crippen LogP contribution is 2.26. The van der Waals surface area contributed by atoms with Crippen LogP contribution in [-0.2, 0) is 20.6 Å². The molecule has 0 aliphatic rings. The second-order valence-corrected chi connectivity index (χ2v) is 3.79. The van der Waals surface area contributed by atoms with Crippen LogP contribution in [0.4, 0.5) is 0 Å². The molecule has 0 unspecified atom stereocenters. The minimum atomic E-state index is -1.07. The third kappa shape index (κ3) is 3.19. The number of methoxy groups -OCH3 is 4. The highest BCUT2D eigenvalue weighted by Gasteiger charge is 2.31. The first-order valence-corrected chi connectivity index (χ1v) is 5.39. The van der Waals surface area contributed by atoms with Crippen molar-refractivity contribution < 1.29 is 18.9 Å². The van der Waals surface area contributed by atoms with Crippen molar-refractivity contribution in [3.05, 3.63) is 29.3 Å². The van der Waals surface area contributed by atoms with Gasteiger partial charge in [-0.3, -0.25) is 0 Å². The van der Waals surface area contributed by atoms with Crippen molar-refractivity contribution in [3.8, 4) is 5.75 Å². The summed E-state index contributed by atoms with van der Waals surface area (Å²) in [6.07, 6.45) is 0.460. The van der Waals surface area contributed by atoms with Gasteiger partial charge >= 0.3 is 0 Å². The molecule has 4 heteroatoms. The SMILES string of the molecule is COc1ccc(C)cc1CC(OC)(OC)OC. The molecule has 1 aromatic carbocycles. The topological polar surface area (TPSA) is 36.9 Å². The summed E-state index contributed by atoms with van der Waals surface area (Å²) >= 11 is 0. The molecule has 0 atom stereocenters. The average Bonchev–Trinajstić information content (AvgIpc) is 2.36. The molecule has 0 aliphatic heterocycles. The Bertz CT molecular complexity index is 350. The zero-order valence-electron chi connectivity index (χ0n) is 11.1. The minimum absolute atomic E-state index is 0.460. The van der Waals surface area contributed by atoms with E-state index in [1.165, 1.54) is 0 Å². The first-order chi connectivity index (χ1) is 8.10. The molecule has 1 aromatic rings. The van der Waals surface area contributed by atoms with Crippen molar-refractivity contribution in [2.45, 2.75) is 19.3 Å². The van der Waals surface area contributed by atoms with Gasteiger partial charge in [0.25, 0.3) is 5.97 Å². The van der Waals surface area contributed by atoms with Gasteiger partial charge in [-0.25, -0.2) is 0 Å². The van der Waals surface area contributed by atoms with Gasteiger partial charge in [0.15, 0.2) is 0 Å². The highest BCUT2D eigenvalue weighted by atomic mass is 16.9. The molecule has 0 fully saturated rings. The fraction of sp³-hybridized carbons (Fsp3) is 0.538. The Morgan fingerprint density at radius 3 is 2.06 bits per heavy atom. The molecule has 0 saturated heterocycles. The van der Waals surface area contributed by atoms with Crippen molar-refractivity contribution >= 4 is 0 Å². The van der Waals surface area contributed by atoms with E-state index in [1.807, 2.05) is 25.1 Å². The summed E-state index contributed by atoms with van der Waals surface area (Å²) in [5.74, 6) is -0.271. The van der Waals surface area contributed by atoms with E-state index < -0.39 is 5.97 Å². The summed E-state index contributed by atoms with van der Waals surface area (Å²) in [6, 6.07) is 5.96. The molecule has 0 heterocycles. The van der Waals surface area contributed by atoms with E-state index in [-0.39, 0.29) is 0 Å². The Morgan fingerprint density at radius 1 is 1.00 bits per heavy atom. The fourth-order valence-electron chi connectivity index (χ4n) is 1.75. The molecule has 0 bridgehead atoms. The molecule has 96 valence electrons. The first-order valence-electron chi connectivity index (χ1n) is 5.39. The quantitative estimate of drug-likeness (QED) is 0.714. The first kappa shape index (κ1) is 14.0. The molecule has 0 spiro atoms. The largest absolute Gasteiger partial charge is 0.496 e. The van der Waals surface area contributed by atoms with Crippen LogP contribution in [0.3, 0.4) is 0 Å². The Kier molecular flexibility index (Phi) is 4.93. The van der Waals surface area contributed by atoms with Crippen LogP contribution in [0, 0.1) is 6.92 Å². The number of ether oxygens (including phenoxy) is 4. The van der Waals surface area contributed by atoms with Crippen molar-refractivity contribution in [2.24, 2.45) is 0 Å². The summed E-state index contributed by atoms with van der Waals surface area (Å²) in [5, 5.41) is 0. The maximum absolute atomic E-state index is 5.31. The van der Waals surface area contributed by atoms with Gasteiger partial charge < -0.3 is 18.9 Å². The number of aryl methyl sites for hydroxylation is 1. The van der Waals surface area contributed by atoms with Gasteiger partial charge in [0.05, 0.1) is 13.5 Å². The van der Waals surface area contributed by atoms with E-state index in [1.54, 1.807) is 28.4 Å². The lowest BCUT2D eigenvalue weighted by Crippen LogP contribution is -2.38. The van der Waals surface area contributed by atoms with E-state index in [9.17, 15) is 0 Å². The molecule has 0 aromatic heterocycles. The van der Waals surface area contributed by atoms with Crippen LogP contribution in [-0.4, -0.2) is 34.4 Å².